The summed E-state index contributed by atoms with van der Waals surface area (Å²) in [6.45, 7) is 1.32. The molecular weight excluding hydrogens is 347 g/mol. The van der Waals surface area contributed by atoms with Crippen LogP contribution in [0.3, 0.4) is 0 Å². The zero-order valence-corrected chi connectivity index (χ0v) is 15.0. The van der Waals surface area contributed by atoms with Crippen LogP contribution in [0.25, 0.3) is 0 Å². The molecule has 0 aliphatic rings. The Balaban J connectivity index is 1.50. The number of pyridine rings is 1. The van der Waals surface area contributed by atoms with Crippen molar-refractivity contribution in [1.29, 1.82) is 0 Å². The first-order valence-electron chi connectivity index (χ1n) is 8.57. The summed E-state index contributed by atoms with van der Waals surface area (Å²) < 4.78 is 29.5. The lowest BCUT2D eigenvalue weighted by Gasteiger charge is -2.13. The van der Waals surface area contributed by atoms with Crippen LogP contribution < -0.4 is 19.5 Å². The smallest absolute Gasteiger partial charge is 0.161 e. The number of hydrogen-bond donors (Lipinski definition) is 1. The number of ether oxygens (including phenoxy) is 3. The van der Waals surface area contributed by atoms with E-state index in [4.69, 9.17) is 14.2 Å². The predicted molar refractivity (Wildman–Crippen MR) is 102 cm³/mol. The molecule has 0 fully saturated rings. The first-order valence-corrected chi connectivity index (χ1v) is 8.57. The number of methoxy groups -OCH3 is 1. The maximum atomic E-state index is 12.9. The number of rotatable bonds is 9. The van der Waals surface area contributed by atoms with Gasteiger partial charge in [-0.3, -0.25) is 0 Å². The Hall–Kier alpha value is -3.28. The van der Waals surface area contributed by atoms with Gasteiger partial charge in [0.2, 0.25) is 0 Å². The van der Waals surface area contributed by atoms with Gasteiger partial charge in [0.1, 0.15) is 30.6 Å². The molecule has 0 unspecified atom stereocenters. The molecule has 3 aromatic rings. The van der Waals surface area contributed by atoms with E-state index in [0.29, 0.717) is 37.0 Å². The van der Waals surface area contributed by atoms with Gasteiger partial charge in [-0.15, -0.1) is 0 Å². The Morgan fingerprint density at radius 3 is 2.48 bits per heavy atom. The van der Waals surface area contributed by atoms with Crippen LogP contribution >= 0.6 is 0 Å². The summed E-state index contributed by atoms with van der Waals surface area (Å²) in [5.74, 6) is 2.41. The third kappa shape index (κ3) is 5.60. The highest BCUT2D eigenvalue weighted by molar-refractivity contribution is 5.44. The van der Waals surface area contributed by atoms with Crippen LogP contribution in [0.2, 0.25) is 0 Å². The van der Waals surface area contributed by atoms with Crippen molar-refractivity contribution in [1.82, 2.24) is 4.98 Å². The molecule has 0 saturated carbocycles. The van der Waals surface area contributed by atoms with E-state index in [0.717, 1.165) is 11.4 Å². The average Bonchev–Trinajstić information content (AvgIpc) is 2.72. The fourth-order valence-electron chi connectivity index (χ4n) is 2.44. The third-order valence-electron chi connectivity index (χ3n) is 3.79. The Kier molecular flexibility index (Phi) is 6.46. The van der Waals surface area contributed by atoms with E-state index in [2.05, 4.69) is 10.3 Å². The van der Waals surface area contributed by atoms with Gasteiger partial charge in [-0.2, -0.15) is 0 Å². The number of benzene rings is 2. The SMILES string of the molecule is COc1cc(CNc2ccccn2)ccc1OCCOc1ccc(F)cc1. The normalized spacial score (nSPS) is 10.3. The highest BCUT2D eigenvalue weighted by atomic mass is 19.1. The molecule has 0 aliphatic heterocycles. The van der Waals surface area contributed by atoms with Gasteiger partial charge in [-0.05, 0) is 54.1 Å². The van der Waals surface area contributed by atoms with Gasteiger partial charge in [0.15, 0.2) is 11.5 Å². The second-order valence-electron chi connectivity index (χ2n) is 5.70. The first kappa shape index (κ1) is 18.5. The van der Waals surface area contributed by atoms with E-state index in [1.54, 1.807) is 25.4 Å². The Morgan fingerprint density at radius 1 is 0.926 bits per heavy atom. The van der Waals surface area contributed by atoms with E-state index in [1.807, 2.05) is 36.4 Å². The van der Waals surface area contributed by atoms with E-state index >= 15 is 0 Å². The minimum Gasteiger partial charge on any atom is -0.493 e. The summed E-state index contributed by atoms with van der Waals surface area (Å²) in [4.78, 5) is 4.23. The van der Waals surface area contributed by atoms with Gasteiger partial charge in [0.25, 0.3) is 0 Å². The molecule has 1 N–H and O–H groups in total. The van der Waals surface area contributed by atoms with Gasteiger partial charge >= 0.3 is 0 Å². The van der Waals surface area contributed by atoms with Crippen molar-refractivity contribution >= 4 is 5.82 Å². The number of nitrogens with one attached hydrogen (secondary N) is 1. The Bertz CT molecular complexity index is 842. The summed E-state index contributed by atoms with van der Waals surface area (Å²) in [5, 5.41) is 3.25. The van der Waals surface area contributed by atoms with Gasteiger partial charge < -0.3 is 19.5 Å². The van der Waals surface area contributed by atoms with Crippen molar-refractivity contribution in [3.63, 3.8) is 0 Å². The van der Waals surface area contributed by atoms with E-state index in [9.17, 15) is 4.39 Å². The molecule has 3 rings (SSSR count). The molecule has 2 aromatic carbocycles. The average molecular weight is 368 g/mol. The number of halogens is 1. The summed E-state index contributed by atoms with van der Waals surface area (Å²) in [7, 11) is 1.60. The Morgan fingerprint density at radius 2 is 1.74 bits per heavy atom. The zero-order valence-electron chi connectivity index (χ0n) is 15.0. The second-order valence-corrected chi connectivity index (χ2v) is 5.70. The van der Waals surface area contributed by atoms with Crippen LogP contribution in [-0.2, 0) is 6.54 Å². The van der Waals surface area contributed by atoms with Crippen molar-refractivity contribution in [3.05, 3.63) is 78.2 Å². The number of anilines is 1. The van der Waals surface area contributed by atoms with Gasteiger partial charge in [-0.25, -0.2) is 9.37 Å². The fourth-order valence-corrected chi connectivity index (χ4v) is 2.44. The van der Waals surface area contributed by atoms with E-state index in [-0.39, 0.29) is 5.82 Å². The van der Waals surface area contributed by atoms with Crippen LogP contribution in [0.5, 0.6) is 17.2 Å². The number of hydrogen-bond acceptors (Lipinski definition) is 5. The molecule has 0 bridgehead atoms. The summed E-state index contributed by atoms with van der Waals surface area (Å²) in [5.41, 5.74) is 1.05. The number of aromatic nitrogens is 1. The molecule has 6 heteroatoms. The van der Waals surface area contributed by atoms with E-state index < -0.39 is 0 Å². The van der Waals surface area contributed by atoms with Crippen molar-refractivity contribution in [2.24, 2.45) is 0 Å². The number of nitrogens with zero attached hydrogens (tertiary/aromatic N) is 1. The summed E-state index contributed by atoms with van der Waals surface area (Å²) >= 11 is 0. The molecule has 0 aliphatic carbocycles. The van der Waals surface area contributed by atoms with Crippen molar-refractivity contribution in [3.8, 4) is 17.2 Å². The lowest BCUT2D eigenvalue weighted by Crippen LogP contribution is -2.10. The molecule has 27 heavy (non-hydrogen) atoms. The van der Waals surface area contributed by atoms with Crippen molar-refractivity contribution < 1.29 is 18.6 Å². The summed E-state index contributed by atoms with van der Waals surface area (Å²) in [6.07, 6.45) is 1.74. The molecular formula is C21H21FN2O3. The first-order chi connectivity index (χ1) is 13.2. The predicted octanol–water partition coefficient (Wildman–Crippen LogP) is 4.30. The lowest BCUT2D eigenvalue weighted by molar-refractivity contribution is 0.211. The molecule has 1 heterocycles. The maximum Gasteiger partial charge on any atom is 0.161 e. The van der Waals surface area contributed by atoms with Crippen LogP contribution in [0.1, 0.15) is 5.56 Å². The Labute approximate surface area is 157 Å². The molecule has 0 radical (unpaired) electrons. The van der Waals surface area contributed by atoms with Crippen molar-refractivity contribution in [2.45, 2.75) is 6.54 Å². The van der Waals surface area contributed by atoms with Gasteiger partial charge in [-0.1, -0.05) is 12.1 Å². The maximum absolute atomic E-state index is 12.9. The fraction of sp³-hybridized carbons (Fsp3) is 0.190. The molecule has 5 nitrogen and oxygen atoms in total. The summed E-state index contributed by atoms with van der Waals surface area (Å²) in [6, 6.07) is 17.4. The molecule has 0 amide bonds. The minimum atomic E-state index is -0.291. The third-order valence-corrected chi connectivity index (χ3v) is 3.79. The molecule has 0 spiro atoms. The largest absolute Gasteiger partial charge is 0.493 e. The second kappa shape index (κ2) is 9.43. The monoisotopic (exact) mass is 368 g/mol. The zero-order chi connectivity index (χ0) is 18.9. The molecule has 1 aromatic heterocycles. The van der Waals surface area contributed by atoms with Crippen LogP contribution in [0.15, 0.2) is 66.9 Å². The topological polar surface area (TPSA) is 52.6 Å². The van der Waals surface area contributed by atoms with Gasteiger partial charge in [0, 0.05) is 12.7 Å². The van der Waals surface area contributed by atoms with Crippen molar-refractivity contribution in [2.75, 3.05) is 25.6 Å². The molecule has 140 valence electrons. The lowest BCUT2D eigenvalue weighted by atomic mass is 10.2. The molecule has 0 atom stereocenters. The van der Waals surface area contributed by atoms with Crippen LogP contribution in [0.4, 0.5) is 10.2 Å². The highest BCUT2D eigenvalue weighted by Gasteiger charge is 2.06. The van der Waals surface area contributed by atoms with Gasteiger partial charge in [0.05, 0.1) is 7.11 Å². The van der Waals surface area contributed by atoms with Crippen LogP contribution in [-0.4, -0.2) is 25.3 Å². The highest BCUT2D eigenvalue weighted by Crippen LogP contribution is 2.28. The molecule has 0 saturated heterocycles. The van der Waals surface area contributed by atoms with E-state index in [1.165, 1.54) is 12.1 Å². The minimum absolute atomic E-state index is 0.291. The standard InChI is InChI=1S/C21H21FN2O3/c1-25-20-14-16(15-24-21-4-2-3-11-23-21)5-10-19(20)27-13-12-26-18-8-6-17(22)7-9-18/h2-11,14H,12-13,15H2,1H3,(H,23,24). The van der Waals surface area contributed by atoms with Crippen LogP contribution in [0, 0.1) is 5.82 Å². The quantitative estimate of drug-likeness (QED) is 0.571.